The van der Waals surface area contributed by atoms with E-state index in [0.717, 1.165) is 14.9 Å². The molecule has 6 nitrogen and oxygen atoms in total. The molecule has 0 saturated carbocycles. The molecule has 1 N–H and O–H groups in total. The van der Waals surface area contributed by atoms with E-state index < -0.39 is 17.8 Å². The third kappa shape index (κ3) is 4.04. The topological polar surface area (TPSA) is 75.7 Å². The minimum absolute atomic E-state index is 0.165. The number of amides is 4. The molecule has 0 spiro atoms. The van der Waals surface area contributed by atoms with Gasteiger partial charge in [0, 0.05) is 10.0 Å². The molecule has 0 radical (unpaired) electrons. The molecule has 0 aromatic heterocycles. The molecule has 7 heteroatoms. The maximum Gasteiger partial charge on any atom is 0.335 e. The van der Waals surface area contributed by atoms with E-state index in [2.05, 4.69) is 27.8 Å². The highest BCUT2D eigenvalue weighted by Crippen LogP contribution is 2.28. The van der Waals surface area contributed by atoms with Crippen LogP contribution in [0, 0.1) is 6.92 Å². The summed E-state index contributed by atoms with van der Waals surface area (Å²) in [5.74, 6) is -0.977. The van der Waals surface area contributed by atoms with Crippen LogP contribution in [0.3, 0.4) is 0 Å². The lowest BCUT2D eigenvalue weighted by molar-refractivity contribution is -0.122. The largest absolute Gasteiger partial charge is 0.489 e. The molecule has 1 aliphatic heterocycles. The van der Waals surface area contributed by atoms with Crippen LogP contribution in [-0.2, 0) is 9.59 Å². The van der Waals surface area contributed by atoms with Crippen molar-refractivity contribution in [1.82, 2.24) is 5.32 Å². The van der Waals surface area contributed by atoms with Crippen LogP contribution in [-0.4, -0.2) is 24.5 Å². The van der Waals surface area contributed by atoms with E-state index in [1.165, 1.54) is 6.08 Å². The van der Waals surface area contributed by atoms with Gasteiger partial charge in [-0.2, -0.15) is 0 Å². The molecule has 3 rings (SSSR count). The van der Waals surface area contributed by atoms with E-state index in [1.807, 2.05) is 6.92 Å². The summed E-state index contributed by atoms with van der Waals surface area (Å²) >= 11 is 3.37. The Morgan fingerprint density at radius 3 is 2.54 bits per heavy atom. The Labute approximate surface area is 170 Å². The summed E-state index contributed by atoms with van der Waals surface area (Å²) in [5, 5.41) is 2.21. The number of nitrogens with zero attached hydrogens (tertiary/aromatic N) is 1. The van der Waals surface area contributed by atoms with Crippen molar-refractivity contribution in [1.29, 1.82) is 0 Å². The van der Waals surface area contributed by atoms with Gasteiger partial charge in [0.2, 0.25) is 0 Å². The van der Waals surface area contributed by atoms with E-state index in [4.69, 9.17) is 4.74 Å². The lowest BCUT2D eigenvalue weighted by Gasteiger charge is -2.26. The highest BCUT2D eigenvalue weighted by Gasteiger charge is 2.36. The number of anilines is 1. The zero-order valence-electron chi connectivity index (χ0n) is 15.1. The summed E-state index contributed by atoms with van der Waals surface area (Å²) in [4.78, 5) is 38.5. The Hall–Kier alpha value is -3.19. The maximum absolute atomic E-state index is 13.0. The maximum atomic E-state index is 13.0. The monoisotopic (exact) mass is 440 g/mol. The fraction of sp³-hybridized carbons (Fsp3) is 0.0952. The van der Waals surface area contributed by atoms with Crippen LogP contribution in [0.1, 0.15) is 11.1 Å². The number of halogens is 1. The second kappa shape index (κ2) is 8.22. The molecule has 2 aromatic rings. The first-order chi connectivity index (χ1) is 13.4. The summed E-state index contributed by atoms with van der Waals surface area (Å²) in [7, 11) is 0. The molecule has 4 amide bonds. The first kappa shape index (κ1) is 19.6. The number of rotatable bonds is 5. The molecule has 28 heavy (non-hydrogen) atoms. The number of hydrogen-bond acceptors (Lipinski definition) is 4. The second-order valence-corrected chi connectivity index (χ2v) is 6.99. The smallest absolute Gasteiger partial charge is 0.335 e. The van der Waals surface area contributed by atoms with Gasteiger partial charge < -0.3 is 4.74 Å². The van der Waals surface area contributed by atoms with Gasteiger partial charge in [-0.25, -0.2) is 9.69 Å². The van der Waals surface area contributed by atoms with Crippen molar-refractivity contribution in [2.24, 2.45) is 0 Å². The summed E-state index contributed by atoms with van der Waals surface area (Å²) in [6.45, 7) is 5.78. The first-order valence-corrected chi connectivity index (χ1v) is 9.21. The molecule has 1 fully saturated rings. The number of imide groups is 2. The quantitative estimate of drug-likeness (QED) is 0.433. The van der Waals surface area contributed by atoms with Gasteiger partial charge in [-0.1, -0.05) is 46.3 Å². The summed E-state index contributed by atoms with van der Waals surface area (Å²) in [5.41, 5.74) is 1.72. The van der Waals surface area contributed by atoms with Gasteiger partial charge in [0.25, 0.3) is 11.8 Å². The van der Waals surface area contributed by atoms with E-state index in [1.54, 1.807) is 48.5 Å². The van der Waals surface area contributed by atoms with Gasteiger partial charge in [0.05, 0.1) is 5.69 Å². The molecule has 0 aliphatic carbocycles. The molecule has 2 aromatic carbocycles. The number of benzene rings is 2. The Balaban J connectivity index is 2.03. The van der Waals surface area contributed by atoms with Crippen LogP contribution in [0.25, 0.3) is 6.08 Å². The van der Waals surface area contributed by atoms with Crippen molar-refractivity contribution in [3.63, 3.8) is 0 Å². The first-order valence-electron chi connectivity index (χ1n) is 8.42. The highest BCUT2D eigenvalue weighted by atomic mass is 79.9. The molecule has 1 aliphatic rings. The number of nitrogens with one attached hydrogen (secondary N) is 1. The average Bonchev–Trinajstić information content (AvgIpc) is 2.66. The van der Waals surface area contributed by atoms with Crippen molar-refractivity contribution in [2.45, 2.75) is 6.92 Å². The van der Waals surface area contributed by atoms with Crippen LogP contribution in [0.15, 0.2) is 65.2 Å². The average molecular weight is 441 g/mol. The zero-order valence-corrected chi connectivity index (χ0v) is 16.7. The van der Waals surface area contributed by atoms with Crippen molar-refractivity contribution in [2.75, 3.05) is 11.5 Å². The fourth-order valence-corrected chi connectivity index (χ4v) is 3.03. The molecule has 0 bridgehead atoms. The predicted octanol–water partition coefficient (Wildman–Crippen LogP) is 3.99. The fourth-order valence-electron chi connectivity index (χ4n) is 2.65. The Morgan fingerprint density at radius 2 is 1.86 bits per heavy atom. The Bertz CT molecular complexity index is 996. The Morgan fingerprint density at radius 1 is 1.14 bits per heavy atom. The third-order valence-corrected chi connectivity index (χ3v) is 4.52. The van der Waals surface area contributed by atoms with Crippen LogP contribution < -0.4 is 15.0 Å². The predicted molar refractivity (Wildman–Crippen MR) is 110 cm³/mol. The van der Waals surface area contributed by atoms with Crippen LogP contribution in [0.4, 0.5) is 10.5 Å². The van der Waals surface area contributed by atoms with E-state index >= 15 is 0 Å². The Kier molecular flexibility index (Phi) is 5.75. The normalized spacial score (nSPS) is 15.6. The van der Waals surface area contributed by atoms with E-state index in [-0.39, 0.29) is 12.2 Å². The molecular formula is C21H17BrN2O4. The number of aryl methyl sites for hydroxylation is 1. The van der Waals surface area contributed by atoms with Crippen LogP contribution >= 0.6 is 15.9 Å². The standard InChI is InChI=1S/C21H17BrN2O4/c1-3-10-28-18-9-6-15(22)11-14(18)12-17-19(25)23-21(27)24(20(17)26)16-7-4-13(2)5-8-16/h3-9,11-12H,1,10H2,2H3,(H,23,25,27)/b17-12+. The summed E-state index contributed by atoms with van der Waals surface area (Å²) in [6, 6.07) is 11.3. The van der Waals surface area contributed by atoms with Crippen molar-refractivity contribution >= 4 is 45.5 Å². The van der Waals surface area contributed by atoms with Gasteiger partial charge in [0.1, 0.15) is 17.9 Å². The molecule has 1 heterocycles. The number of ether oxygens (including phenoxy) is 1. The third-order valence-electron chi connectivity index (χ3n) is 4.02. The van der Waals surface area contributed by atoms with Gasteiger partial charge in [-0.05, 0) is 43.3 Å². The van der Waals surface area contributed by atoms with Gasteiger partial charge >= 0.3 is 6.03 Å². The van der Waals surface area contributed by atoms with Crippen LogP contribution in [0.2, 0.25) is 0 Å². The minimum atomic E-state index is -0.784. The molecular weight excluding hydrogens is 424 g/mol. The SMILES string of the molecule is C=CCOc1ccc(Br)cc1/C=C1\C(=O)NC(=O)N(c2ccc(C)cc2)C1=O. The number of urea groups is 1. The molecule has 142 valence electrons. The van der Waals surface area contributed by atoms with Crippen LogP contribution in [0.5, 0.6) is 5.75 Å². The highest BCUT2D eigenvalue weighted by molar-refractivity contribution is 9.10. The molecule has 0 unspecified atom stereocenters. The van der Waals surface area contributed by atoms with Gasteiger partial charge in [-0.3, -0.25) is 14.9 Å². The van der Waals surface area contributed by atoms with Crippen molar-refractivity contribution < 1.29 is 19.1 Å². The summed E-state index contributed by atoms with van der Waals surface area (Å²) < 4.78 is 6.34. The number of hydrogen-bond donors (Lipinski definition) is 1. The van der Waals surface area contributed by atoms with Gasteiger partial charge in [0.15, 0.2) is 0 Å². The number of carbonyl (C=O) groups excluding carboxylic acids is 3. The number of carbonyl (C=O) groups is 3. The van der Waals surface area contributed by atoms with Gasteiger partial charge in [-0.15, -0.1) is 0 Å². The minimum Gasteiger partial charge on any atom is -0.489 e. The lowest BCUT2D eigenvalue weighted by atomic mass is 10.1. The van der Waals surface area contributed by atoms with Crippen molar-refractivity contribution in [3.8, 4) is 5.75 Å². The lowest BCUT2D eigenvalue weighted by Crippen LogP contribution is -2.54. The summed E-state index contributed by atoms with van der Waals surface area (Å²) in [6.07, 6.45) is 3.00. The molecule has 0 atom stereocenters. The number of barbiturate groups is 1. The van der Waals surface area contributed by atoms with E-state index in [9.17, 15) is 14.4 Å². The van der Waals surface area contributed by atoms with Crippen molar-refractivity contribution in [3.05, 3.63) is 76.3 Å². The second-order valence-electron chi connectivity index (χ2n) is 6.08. The molecule has 1 saturated heterocycles. The zero-order chi connectivity index (χ0) is 20.3. The van der Waals surface area contributed by atoms with E-state index in [0.29, 0.717) is 17.0 Å².